The van der Waals surface area contributed by atoms with Gasteiger partial charge in [0.1, 0.15) is 0 Å². The van der Waals surface area contributed by atoms with Crippen LogP contribution >= 0.6 is 23.2 Å². The van der Waals surface area contributed by atoms with E-state index in [0.29, 0.717) is 29.4 Å². The highest BCUT2D eigenvalue weighted by Crippen LogP contribution is 2.30. The Morgan fingerprint density at radius 2 is 1.77 bits per heavy atom. The number of rotatable bonds is 4. The topological polar surface area (TPSA) is 79.4 Å². The summed E-state index contributed by atoms with van der Waals surface area (Å²) in [6, 6.07) is 13.5. The number of halogens is 2. The summed E-state index contributed by atoms with van der Waals surface area (Å²) in [5.41, 5.74) is 2.83. The van der Waals surface area contributed by atoms with Crippen molar-refractivity contribution in [3.8, 4) is 11.1 Å². The van der Waals surface area contributed by atoms with E-state index in [1.165, 1.54) is 16.4 Å². The van der Waals surface area contributed by atoms with Crippen molar-refractivity contribution in [1.82, 2.24) is 4.98 Å². The number of carbonyl (C=O) groups is 1. The first-order valence-electron chi connectivity index (χ1n) is 9.16. The van der Waals surface area contributed by atoms with E-state index in [9.17, 15) is 13.2 Å². The molecule has 0 saturated carbocycles. The minimum atomic E-state index is -3.36. The van der Waals surface area contributed by atoms with Crippen molar-refractivity contribution in [3.05, 3.63) is 76.5 Å². The van der Waals surface area contributed by atoms with Gasteiger partial charge in [0.2, 0.25) is 10.0 Å². The molecule has 1 amide bonds. The van der Waals surface area contributed by atoms with Crippen LogP contribution in [0.3, 0.4) is 0 Å². The predicted molar refractivity (Wildman–Crippen MR) is 120 cm³/mol. The predicted octanol–water partition coefficient (Wildman–Crippen LogP) is 4.85. The summed E-state index contributed by atoms with van der Waals surface area (Å²) in [6.07, 6.45) is 3.89. The molecule has 6 nitrogen and oxygen atoms in total. The molecule has 9 heteroatoms. The first kappa shape index (κ1) is 20.7. The molecule has 154 valence electrons. The molecule has 0 atom stereocenters. The number of carbonyl (C=O) groups excluding carboxylic acids is 1. The van der Waals surface area contributed by atoms with Gasteiger partial charge in [-0.2, -0.15) is 0 Å². The lowest BCUT2D eigenvalue weighted by atomic mass is 10.1. The molecule has 2 aromatic carbocycles. The number of pyridine rings is 1. The molecule has 1 aliphatic rings. The maximum atomic E-state index is 12.9. The number of hydrogen-bond donors (Lipinski definition) is 1. The Bertz CT molecular complexity index is 1220. The Kier molecular flexibility index (Phi) is 5.69. The fraction of sp³-hybridized carbons (Fsp3) is 0.143. The quantitative estimate of drug-likeness (QED) is 0.602. The average molecular weight is 462 g/mol. The number of nitrogens with one attached hydrogen (secondary N) is 1. The average Bonchev–Trinajstić information content (AvgIpc) is 3.07. The maximum absolute atomic E-state index is 12.9. The second-order valence-corrected chi connectivity index (χ2v) is 9.68. The molecule has 1 fully saturated rings. The first-order valence-corrected chi connectivity index (χ1v) is 11.5. The van der Waals surface area contributed by atoms with Gasteiger partial charge in [-0.25, -0.2) is 8.42 Å². The SMILES string of the molecule is O=C(Nc1cc(Cl)cc(-c2ccncc2)c1)c1cc(N2CCCS2(=O)=O)ccc1Cl. The van der Waals surface area contributed by atoms with Gasteiger partial charge in [-0.3, -0.25) is 14.1 Å². The lowest BCUT2D eigenvalue weighted by Gasteiger charge is -2.18. The van der Waals surface area contributed by atoms with Crippen LogP contribution in [0.1, 0.15) is 16.8 Å². The van der Waals surface area contributed by atoms with Gasteiger partial charge in [0.15, 0.2) is 0 Å². The third-order valence-electron chi connectivity index (χ3n) is 4.75. The van der Waals surface area contributed by atoms with Crippen molar-refractivity contribution in [3.63, 3.8) is 0 Å². The molecule has 1 saturated heterocycles. The minimum absolute atomic E-state index is 0.0947. The van der Waals surface area contributed by atoms with Crippen LogP contribution in [0.5, 0.6) is 0 Å². The number of hydrogen-bond acceptors (Lipinski definition) is 4. The van der Waals surface area contributed by atoms with Crippen LogP contribution in [0.25, 0.3) is 11.1 Å². The molecular formula is C21H17Cl2N3O3S. The molecular weight excluding hydrogens is 445 g/mol. The van der Waals surface area contributed by atoms with Crippen molar-refractivity contribution in [2.75, 3.05) is 21.9 Å². The van der Waals surface area contributed by atoms with Crippen LogP contribution < -0.4 is 9.62 Å². The summed E-state index contributed by atoms with van der Waals surface area (Å²) in [4.78, 5) is 16.9. The lowest BCUT2D eigenvalue weighted by molar-refractivity contribution is 0.102. The van der Waals surface area contributed by atoms with Crippen LogP contribution in [-0.2, 0) is 10.0 Å². The van der Waals surface area contributed by atoms with E-state index >= 15 is 0 Å². The van der Waals surface area contributed by atoms with E-state index in [-0.39, 0.29) is 16.3 Å². The molecule has 2 heterocycles. The molecule has 1 aliphatic heterocycles. The van der Waals surface area contributed by atoms with Crippen LogP contribution in [0, 0.1) is 0 Å². The first-order chi connectivity index (χ1) is 14.3. The van der Waals surface area contributed by atoms with Gasteiger partial charge in [-0.15, -0.1) is 0 Å². The van der Waals surface area contributed by atoms with Gasteiger partial charge in [0.25, 0.3) is 5.91 Å². The van der Waals surface area contributed by atoms with Crippen LogP contribution in [0.2, 0.25) is 10.0 Å². The molecule has 0 bridgehead atoms. The largest absolute Gasteiger partial charge is 0.322 e. The summed E-state index contributed by atoms with van der Waals surface area (Å²) in [6.45, 7) is 0.384. The third kappa shape index (κ3) is 4.28. The Balaban J connectivity index is 1.63. The molecule has 0 radical (unpaired) electrons. The van der Waals surface area contributed by atoms with E-state index in [1.807, 2.05) is 12.1 Å². The summed E-state index contributed by atoms with van der Waals surface area (Å²) < 4.78 is 25.7. The molecule has 1 N–H and O–H groups in total. The van der Waals surface area contributed by atoms with E-state index in [4.69, 9.17) is 23.2 Å². The van der Waals surface area contributed by atoms with Crippen LogP contribution in [0.15, 0.2) is 60.9 Å². The number of benzene rings is 2. The van der Waals surface area contributed by atoms with Crippen molar-refractivity contribution in [1.29, 1.82) is 0 Å². The fourth-order valence-corrected chi connectivity index (χ4v) is 5.34. The van der Waals surface area contributed by atoms with Gasteiger partial charge in [-0.05, 0) is 66.1 Å². The zero-order valence-electron chi connectivity index (χ0n) is 15.7. The second kappa shape index (κ2) is 8.26. The van der Waals surface area contributed by atoms with Crippen LogP contribution in [0.4, 0.5) is 11.4 Å². The third-order valence-corrected chi connectivity index (χ3v) is 7.17. The molecule has 4 rings (SSSR count). The Hall–Kier alpha value is -2.61. The fourth-order valence-electron chi connectivity index (χ4n) is 3.34. The van der Waals surface area contributed by atoms with Gasteiger partial charge in [-0.1, -0.05) is 23.2 Å². The molecule has 0 unspecified atom stereocenters. The lowest BCUT2D eigenvalue weighted by Crippen LogP contribution is -2.25. The molecule has 3 aromatic rings. The number of aromatic nitrogens is 1. The Morgan fingerprint density at radius 1 is 1.00 bits per heavy atom. The van der Waals surface area contributed by atoms with Gasteiger partial charge < -0.3 is 5.32 Å². The molecule has 0 spiro atoms. The molecule has 1 aromatic heterocycles. The summed E-state index contributed by atoms with van der Waals surface area (Å²) in [7, 11) is -3.36. The maximum Gasteiger partial charge on any atom is 0.257 e. The zero-order chi connectivity index (χ0) is 21.3. The van der Waals surface area contributed by atoms with Crippen molar-refractivity contribution in [2.45, 2.75) is 6.42 Å². The monoisotopic (exact) mass is 461 g/mol. The number of nitrogens with zero attached hydrogens (tertiary/aromatic N) is 2. The standard InChI is InChI=1S/C21H17Cl2N3O3S/c22-16-10-15(14-4-6-24-7-5-14)11-17(12-16)25-21(27)19-13-18(2-3-20(19)23)26-8-1-9-30(26,28)29/h2-7,10-13H,1,8-9H2,(H,25,27). The van der Waals surface area contributed by atoms with Gasteiger partial charge in [0, 0.05) is 29.6 Å². The van der Waals surface area contributed by atoms with E-state index < -0.39 is 15.9 Å². The van der Waals surface area contributed by atoms with E-state index in [2.05, 4.69) is 10.3 Å². The van der Waals surface area contributed by atoms with Crippen molar-refractivity contribution < 1.29 is 13.2 Å². The van der Waals surface area contributed by atoms with Crippen molar-refractivity contribution in [2.24, 2.45) is 0 Å². The normalized spacial score (nSPS) is 15.2. The molecule has 30 heavy (non-hydrogen) atoms. The second-order valence-electron chi connectivity index (χ2n) is 6.82. The van der Waals surface area contributed by atoms with Gasteiger partial charge >= 0.3 is 0 Å². The Morgan fingerprint density at radius 3 is 2.47 bits per heavy atom. The van der Waals surface area contributed by atoms with Gasteiger partial charge in [0.05, 0.1) is 22.0 Å². The van der Waals surface area contributed by atoms with Crippen LogP contribution in [-0.4, -0.2) is 31.6 Å². The summed E-state index contributed by atoms with van der Waals surface area (Å²) >= 11 is 12.5. The highest BCUT2D eigenvalue weighted by molar-refractivity contribution is 7.93. The Labute approximate surface area is 184 Å². The zero-order valence-corrected chi connectivity index (χ0v) is 18.0. The summed E-state index contributed by atoms with van der Waals surface area (Å²) in [5, 5.41) is 3.48. The number of anilines is 2. The van der Waals surface area contributed by atoms with Crippen molar-refractivity contribution >= 4 is 50.5 Å². The number of amides is 1. The highest BCUT2D eigenvalue weighted by atomic mass is 35.5. The number of sulfonamides is 1. The highest BCUT2D eigenvalue weighted by Gasteiger charge is 2.29. The van der Waals surface area contributed by atoms with E-state index in [0.717, 1.165) is 11.1 Å². The smallest absolute Gasteiger partial charge is 0.257 e. The molecule has 0 aliphatic carbocycles. The van der Waals surface area contributed by atoms with E-state index in [1.54, 1.807) is 36.7 Å². The minimum Gasteiger partial charge on any atom is -0.322 e. The summed E-state index contributed by atoms with van der Waals surface area (Å²) in [5.74, 6) is -0.362.